The molecule has 2 heteroatoms. The van der Waals surface area contributed by atoms with Gasteiger partial charge in [0, 0.05) is 14.4 Å². The van der Waals surface area contributed by atoms with Gasteiger partial charge in [0.2, 0.25) is 0 Å². The predicted octanol–water partition coefficient (Wildman–Crippen LogP) is 6.57. The lowest BCUT2D eigenvalue weighted by molar-refractivity contribution is 0.688. The van der Waals surface area contributed by atoms with E-state index in [1.54, 1.807) is 0 Å². The predicted molar refractivity (Wildman–Crippen MR) is 100 cm³/mol. The topological polar surface area (TPSA) is 0 Å². The van der Waals surface area contributed by atoms with Crippen LogP contribution in [0, 0.1) is 0 Å². The van der Waals surface area contributed by atoms with E-state index in [1.165, 1.54) is 16.7 Å². The molecule has 0 saturated heterocycles. The Hall–Kier alpha value is -1.38. The van der Waals surface area contributed by atoms with Crippen LogP contribution in [0.3, 0.4) is 0 Å². The second-order valence-corrected chi connectivity index (χ2v) is 7.25. The summed E-state index contributed by atoms with van der Waals surface area (Å²) >= 11 is 7.35. The summed E-state index contributed by atoms with van der Waals surface area (Å²) in [5.41, 5.74) is 3.59. The molecule has 0 amide bonds. The molecule has 0 fully saturated rings. The third-order valence-electron chi connectivity index (χ3n) is 4.17. The summed E-state index contributed by atoms with van der Waals surface area (Å²) in [4.78, 5) is 0. The Labute approximate surface area is 148 Å². The zero-order valence-electron chi connectivity index (χ0n) is 12.3. The zero-order valence-corrected chi connectivity index (χ0v) is 15.4. The van der Waals surface area contributed by atoms with E-state index >= 15 is 0 Å². The summed E-state index contributed by atoms with van der Waals surface area (Å²) < 4.78 is 2.20. The number of hydrogen-bond acceptors (Lipinski definition) is 0. The Morgan fingerprint density at radius 1 is 0.682 bits per heavy atom. The lowest BCUT2D eigenvalue weighted by atomic mass is 9.71. The van der Waals surface area contributed by atoms with E-state index in [1.807, 2.05) is 0 Å². The Balaban J connectivity index is 2.31. The van der Waals surface area contributed by atoms with Gasteiger partial charge < -0.3 is 0 Å². The number of hydrogen-bond donors (Lipinski definition) is 0. The number of halogens is 2. The van der Waals surface area contributed by atoms with Gasteiger partial charge >= 0.3 is 0 Å². The maximum Gasteiger partial charge on any atom is 0.0434 e. The molecule has 0 nitrogen and oxygen atoms in total. The van der Waals surface area contributed by atoms with Crippen molar-refractivity contribution >= 4 is 31.9 Å². The third-order valence-corrected chi connectivity index (χ3v) is 5.35. The molecule has 0 aliphatic rings. The molecule has 0 spiro atoms. The molecule has 0 saturated carbocycles. The van der Waals surface area contributed by atoms with Gasteiger partial charge in [0.15, 0.2) is 0 Å². The average molecular weight is 416 g/mol. The molecule has 0 unspecified atom stereocenters. The summed E-state index contributed by atoms with van der Waals surface area (Å²) in [5, 5.41) is 0. The van der Waals surface area contributed by atoms with Crippen molar-refractivity contribution in [1.82, 2.24) is 0 Å². The Bertz CT molecular complexity index is 725. The number of benzene rings is 3. The minimum absolute atomic E-state index is 0.217. The quantitative estimate of drug-likeness (QED) is 0.424. The fraction of sp³-hybridized carbons (Fsp3) is 0.100. The molecular formula is C20H16Br2. The van der Waals surface area contributed by atoms with Crippen molar-refractivity contribution in [3.8, 4) is 0 Å². The van der Waals surface area contributed by atoms with E-state index in [2.05, 4.69) is 118 Å². The first-order valence-corrected chi connectivity index (χ1v) is 8.77. The molecule has 0 aromatic heterocycles. The molecule has 3 rings (SSSR count). The van der Waals surface area contributed by atoms with Gasteiger partial charge in [-0.3, -0.25) is 0 Å². The first-order chi connectivity index (χ1) is 10.6. The maximum absolute atomic E-state index is 3.74. The van der Waals surface area contributed by atoms with E-state index in [4.69, 9.17) is 0 Å². The van der Waals surface area contributed by atoms with Gasteiger partial charge in [-0.15, -0.1) is 0 Å². The molecule has 0 radical (unpaired) electrons. The van der Waals surface area contributed by atoms with Gasteiger partial charge in [0.05, 0.1) is 0 Å². The highest BCUT2D eigenvalue weighted by Gasteiger charge is 2.32. The normalized spacial score (nSPS) is 11.4. The van der Waals surface area contributed by atoms with Gasteiger partial charge in [-0.2, -0.15) is 0 Å². The van der Waals surface area contributed by atoms with Crippen molar-refractivity contribution in [3.63, 3.8) is 0 Å². The second kappa shape index (κ2) is 6.39. The molecule has 0 heterocycles. The highest BCUT2D eigenvalue weighted by atomic mass is 79.9. The molecule has 0 N–H and O–H groups in total. The van der Waals surface area contributed by atoms with Crippen LogP contribution >= 0.6 is 31.9 Å². The largest absolute Gasteiger partial charge is 0.0622 e. The van der Waals surface area contributed by atoms with Crippen molar-refractivity contribution in [2.45, 2.75) is 12.3 Å². The summed E-state index contributed by atoms with van der Waals surface area (Å²) in [6.45, 7) is 2.28. The molecule has 3 aromatic rings. The molecule has 0 aliphatic carbocycles. The Morgan fingerprint density at radius 2 is 1.18 bits per heavy atom. The minimum Gasteiger partial charge on any atom is -0.0622 e. The highest BCUT2D eigenvalue weighted by molar-refractivity contribution is 9.11. The van der Waals surface area contributed by atoms with Crippen LogP contribution in [0.15, 0.2) is 87.8 Å². The lowest BCUT2D eigenvalue weighted by Gasteiger charge is -2.33. The van der Waals surface area contributed by atoms with Crippen molar-refractivity contribution in [3.05, 3.63) is 104 Å². The van der Waals surface area contributed by atoms with Crippen LogP contribution in [0.25, 0.3) is 0 Å². The Kier molecular flexibility index (Phi) is 4.51. The smallest absolute Gasteiger partial charge is 0.0434 e. The van der Waals surface area contributed by atoms with Gasteiger partial charge in [-0.25, -0.2) is 0 Å². The minimum atomic E-state index is -0.217. The number of rotatable bonds is 3. The Morgan fingerprint density at radius 3 is 1.68 bits per heavy atom. The summed E-state index contributed by atoms with van der Waals surface area (Å²) in [6.07, 6.45) is 0. The summed E-state index contributed by atoms with van der Waals surface area (Å²) in [5.74, 6) is 0. The molecule has 110 valence electrons. The molecule has 22 heavy (non-hydrogen) atoms. The van der Waals surface area contributed by atoms with Crippen LogP contribution in [0.2, 0.25) is 0 Å². The maximum atomic E-state index is 3.74. The van der Waals surface area contributed by atoms with E-state index in [0.717, 1.165) is 8.95 Å². The summed E-state index contributed by atoms with van der Waals surface area (Å²) in [6, 6.07) is 27.7. The van der Waals surface area contributed by atoms with Crippen molar-refractivity contribution in [2.24, 2.45) is 0 Å². The zero-order chi connectivity index (χ0) is 15.6. The monoisotopic (exact) mass is 414 g/mol. The average Bonchev–Trinajstić information content (AvgIpc) is 2.58. The van der Waals surface area contributed by atoms with Crippen LogP contribution < -0.4 is 0 Å². The van der Waals surface area contributed by atoms with Crippen LogP contribution in [-0.2, 0) is 5.41 Å². The molecular weight excluding hydrogens is 400 g/mol. The lowest BCUT2D eigenvalue weighted by Crippen LogP contribution is -2.25. The van der Waals surface area contributed by atoms with Crippen LogP contribution in [-0.4, -0.2) is 0 Å². The van der Waals surface area contributed by atoms with E-state index in [-0.39, 0.29) is 5.41 Å². The van der Waals surface area contributed by atoms with Crippen LogP contribution in [0.5, 0.6) is 0 Å². The van der Waals surface area contributed by atoms with E-state index in [0.29, 0.717) is 0 Å². The van der Waals surface area contributed by atoms with Crippen LogP contribution in [0.1, 0.15) is 23.6 Å². The SMILES string of the molecule is CC(c1ccccc1)(c1ccccc1)c1cc(Br)ccc1Br. The first-order valence-electron chi connectivity index (χ1n) is 7.19. The van der Waals surface area contributed by atoms with Crippen molar-refractivity contribution < 1.29 is 0 Å². The molecule has 0 atom stereocenters. The molecule has 0 bridgehead atoms. The standard InChI is InChI=1S/C20H16Br2/c1-20(15-8-4-2-5-9-15,16-10-6-3-7-11-16)18-14-17(21)12-13-19(18)22/h2-14H,1H3. The van der Waals surface area contributed by atoms with E-state index in [9.17, 15) is 0 Å². The fourth-order valence-corrected chi connectivity index (χ4v) is 3.91. The highest BCUT2D eigenvalue weighted by Crippen LogP contribution is 2.42. The van der Waals surface area contributed by atoms with Gasteiger partial charge in [-0.05, 0) is 41.8 Å². The summed E-state index contributed by atoms with van der Waals surface area (Å²) in [7, 11) is 0. The van der Waals surface area contributed by atoms with Gasteiger partial charge in [0.1, 0.15) is 0 Å². The second-order valence-electron chi connectivity index (χ2n) is 5.48. The van der Waals surface area contributed by atoms with Gasteiger partial charge in [-0.1, -0.05) is 92.5 Å². The van der Waals surface area contributed by atoms with Crippen LogP contribution in [0.4, 0.5) is 0 Å². The van der Waals surface area contributed by atoms with E-state index < -0.39 is 0 Å². The third kappa shape index (κ3) is 2.78. The molecule has 3 aromatic carbocycles. The van der Waals surface area contributed by atoms with Gasteiger partial charge in [0.25, 0.3) is 0 Å². The fourth-order valence-electron chi connectivity index (χ4n) is 2.90. The molecule has 0 aliphatic heterocycles. The van der Waals surface area contributed by atoms with Crippen molar-refractivity contribution in [2.75, 3.05) is 0 Å². The van der Waals surface area contributed by atoms with Crippen molar-refractivity contribution in [1.29, 1.82) is 0 Å². The first kappa shape index (κ1) is 15.5.